The Balaban J connectivity index is 2.05. The lowest BCUT2D eigenvalue weighted by atomic mass is 10.3. The van der Waals surface area contributed by atoms with Crippen molar-refractivity contribution in [3.63, 3.8) is 0 Å². The third-order valence-electron chi connectivity index (χ3n) is 2.95. The predicted molar refractivity (Wildman–Crippen MR) is 83.2 cm³/mol. The standard InChI is InChI=1S/C13H20ClN3O2Si/c1-18-12-10-8-17(9-19-5-6-20(2,3)4)16-11(10)7-15-13(12)14/h7-8H,5-6,9H2,1-4H3. The first-order valence-electron chi connectivity index (χ1n) is 6.54. The van der Waals surface area contributed by atoms with E-state index in [1.807, 2.05) is 6.20 Å². The number of hydrogen-bond acceptors (Lipinski definition) is 4. The molecular weight excluding hydrogens is 294 g/mol. The van der Waals surface area contributed by atoms with Gasteiger partial charge in [-0.15, -0.1) is 0 Å². The molecule has 2 heterocycles. The summed E-state index contributed by atoms with van der Waals surface area (Å²) < 4.78 is 12.7. The number of rotatable bonds is 6. The molecule has 110 valence electrons. The average Bonchev–Trinajstić information content (AvgIpc) is 2.76. The van der Waals surface area contributed by atoms with Crippen LogP contribution in [0.2, 0.25) is 30.8 Å². The number of ether oxygens (including phenoxy) is 2. The Morgan fingerprint density at radius 3 is 2.75 bits per heavy atom. The third-order valence-corrected chi connectivity index (χ3v) is 4.92. The lowest BCUT2D eigenvalue weighted by Crippen LogP contribution is -2.22. The molecule has 2 aromatic rings. The van der Waals surface area contributed by atoms with E-state index in [0.29, 0.717) is 17.6 Å². The summed E-state index contributed by atoms with van der Waals surface area (Å²) in [5, 5.41) is 5.59. The van der Waals surface area contributed by atoms with E-state index >= 15 is 0 Å². The number of nitrogens with zero attached hydrogens (tertiary/aromatic N) is 3. The summed E-state index contributed by atoms with van der Waals surface area (Å²) in [5.74, 6) is 0.553. The van der Waals surface area contributed by atoms with Crippen molar-refractivity contribution < 1.29 is 9.47 Å². The van der Waals surface area contributed by atoms with Gasteiger partial charge in [0.15, 0.2) is 10.9 Å². The highest BCUT2D eigenvalue weighted by Crippen LogP contribution is 2.30. The molecule has 0 unspecified atom stereocenters. The van der Waals surface area contributed by atoms with Gasteiger partial charge in [-0.05, 0) is 6.04 Å². The fourth-order valence-electron chi connectivity index (χ4n) is 1.79. The van der Waals surface area contributed by atoms with Gasteiger partial charge in [-0.1, -0.05) is 31.2 Å². The van der Waals surface area contributed by atoms with E-state index in [-0.39, 0.29) is 0 Å². The number of methoxy groups -OCH3 is 1. The minimum Gasteiger partial charge on any atom is -0.493 e. The molecule has 5 nitrogen and oxygen atoms in total. The molecule has 2 rings (SSSR count). The molecule has 0 N–H and O–H groups in total. The largest absolute Gasteiger partial charge is 0.493 e. The first-order valence-corrected chi connectivity index (χ1v) is 10.6. The van der Waals surface area contributed by atoms with Gasteiger partial charge in [-0.3, -0.25) is 0 Å². The van der Waals surface area contributed by atoms with Crippen LogP contribution in [0.25, 0.3) is 10.9 Å². The molecule has 0 bridgehead atoms. The van der Waals surface area contributed by atoms with Gasteiger partial charge >= 0.3 is 0 Å². The van der Waals surface area contributed by atoms with Crippen LogP contribution in [-0.4, -0.2) is 36.6 Å². The van der Waals surface area contributed by atoms with E-state index in [4.69, 9.17) is 21.1 Å². The molecule has 7 heteroatoms. The zero-order valence-electron chi connectivity index (χ0n) is 12.3. The molecule has 0 atom stereocenters. The predicted octanol–water partition coefficient (Wildman–Crippen LogP) is 3.41. The quantitative estimate of drug-likeness (QED) is 0.466. The molecule has 20 heavy (non-hydrogen) atoms. The third kappa shape index (κ3) is 3.71. The van der Waals surface area contributed by atoms with Crippen molar-refractivity contribution in [2.24, 2.45) is 0 Å². The van der Waals surface area contributed by atoms with Crippen LogP contribution >= 0.6 is 11.6 Å². The van der Waals surface area contributed by atoms with Crippen molar-refractivity contribution in [1.82, 2.24) is 14.8 Å². The molecule has 0 aliphatic heterocycles. The van der Waals surface area contributed by atoms with Crippen LogP contribution in [0.15, 0.2) is 12.4 Å². The Kier molecular flexibility index (Phi) is 4.67. The van der Waals surface area contributed by atoms with Gasteiger partial charge in [0.1, 0.15) is 12.2 Å². The Morgan fingerprint density at radius 2 is 2.10 bits per heavy atom. The van der Waals surface area contributed by atoms with E-state index < -0.39 is 8.07 Å². The van der Waals surface area contributed by atoms with Gasteiger partial charge < -0.3 is 9.47 Å². The summed E-state index contributed by atoms with van der Waals surface area (Å²) in [5.41, 5.74) is 0.750. The molecule has 0 aromatic carbocycles. The first-order chi connectivity index (χ1) is 9.40. The average molecular weight is 314 g/mol. The number of aromatic nitrogens is 3. The van der Waals surface area contributed by atoms with E-state index in [0.717, 1.165) is 23.6 Å². The van der Waals surface area contributed by atoms with Crippen LogP contribution in [0.4, 0.5) is 0 Å². The molecule has 0 spiro atoms. The Morgan fingerprint density at radius 1 is 1.35 bits per heavy atom. The zero-order chi connectivity index (χ0) is 14.8. The fraction of sp³-hybridized carbons (Fsp3) is 0.538. The van der Waals surface area contributed by atoms with Crippen molar-refractivity contribution in [1.29, 1.82) is 0 Å². The molecule has 0 saturated carbocycles. The summed E-state index contributed by atoms with van der Waals surface area (Å²) in [4.78, 5) is 4.05. The SMILES string of the molecule is COc1c(Cl)ncc2nn(COCC[Si](C)(C)C)cc12. The zero-order valence-corrected chi connectivity index (χ0v) is 14.1. The molecule has 2 aromatic heterocycles. The van der Waals surface area contributed by atoms with E-state index in [9.17, 15) is 0 Å². The first kappa shape index (κ1) is 15.3. The maximum absolute atomic E-state index is 5.99. The summed E-state index contributed by atoms with van der Waals surface area (Å²) in [6.07, 6.45) is 3.51. The topological polar surface area (TPSA) is 49.2 Å². The summed E-state index contributed by atoms with van der Waals surface area (Å²) in [7, 11) is 0.522. The van der Waals surface area contributed by atoms with Crippen molar-refractivity contribution >= 4 is 30.6 Å². The summed E-state index contributed by atoms with van der Waals surface area (Å²) in [6.45, 7) is 8.19. The smallest absolute Gasteiger partial charge is 0.171 e. The van der Waals surface area contributed by atoms with Crippen LogP contribution in [0, 0.1) is 0 Å². The molecule has 0 amide bonds. The number of hydrogen-bond donors (Lipinski definition) is 0. The van der Waals surface area contributed by atoms with Crippen molar-refractivity contribution in [3.05, 3.63) is 17.5 Å². The second-order valence-corrected chi connectivity index (χ2v) is 11.9. The lowest BCUT2D eigenvalue weighted by Gasteiger charge is -2.15. The normalized spacial score (nSPS) is 12.1. The highest BCUT2D eigenvalue weighted by Gasteiger charge is 2.13. The highest BCUT2D eigenvalue weighted by molar-refractivity contribution is 6.76. The maximum atomic E-state index is 5.99. The van der Waals surface area contributed by atoms with Crippen molar-refractivity contribution in [3.8, 4) is 5.75 Å². The van der Waals surface area contributed by atoms with Gasteiger partial charge in [0.05, 0.1) is 18.7 Å². The van der Waals surface area contributed by atoms with Crippen molar-refractivity contribution in [2.75, 3.05) is 13.7 Å². The van der Waals surface area contributed by atoms with Crippen LogP contribution in [0.3, 0.4) is 0 Å². The minimum atomic E-state index is -1.05. The maximum Gasteiger partial charge on any atom is 0.171 e. The van der Waals surface area contributed by atoms with Crippen LogP contribution in [0.1, 0.15) is 0 Å². The number of fused-ring (bicyclic) bond motifs is 1. The lowest BCUT2D eigenvalue weighted by molar-refractivity contribution is 0.0791. The van der Waals surface area contributed by atoms with Gasteiger partial charge in [-0.2, -0.15) is 5.10 Å². The fourth-order valence-corrected chi connectivity index (χ4v) is 2.78. The highest BCUT2D eigenvalue weighted by atomic mass is 35.5. The molecule has 0 radical (unpaired) electrons. The number of halogens is 1. The Labute approximate surface area is 124 Å². The second kappa shape index (κ2) is 6.11. The van der Waals surface area contributed by atoms with Gasteiger partial charge in [0.2, 0.25) is 0 Å². The van der Waals surface area contributed by atoms with Crippen LogP contribution < -0.4 is 4.74 Å². The van der Waals surface area contributed by atoms with Gasteiger partial charge in [-0.25, -0.2) is 9.67 Å². The molecular formula is C13H20ClN3O2Si. The molecule has 0 aliphatic carbocycles. The second-order valence-electron chi connectivity index (χ2n) is 5.90. The van der Waals surface area contributed by atoms with Crippen LogP contribution in [-0.2, 0) is 11.5 Å². The van der Waals surface area contributed by atoms with Crippen molar-refractivity contribution in [2.45, 2.75) is 32.4 Å². The van der Waals surface area contributed by atoms with E-state index in [2.05, 4.69) is 29.7 Å². The van der Waals surface area contributed by atoms with E-state index in [1.54, 1.807) is 18.0 Å². The Hall–Kier alpha value is -1.11. The molecule has 0 fully saturated rings. The molecule has 0 saturated heterocycles. The summed E-state index contributed by atoms with van der Waals surface area (Å²) in [6, 6.07) is 1.14. The Bertz CT molecular complexity index is 595. The molecule has 0 aliphatic rings. The van der Waals surface area contributed by atoms with Gasteiger partial charge in [0.25, 0.3) is 0 Å². The number of pyridine rings is 1. The van der Waals surface area contributed by atoms with E-state index in [1.165, 1.54) is 0 Å². The summed E-state index contributed by atoms with van der Waals surface area (Å²) >= 11 is 5.99. The van der Waals surface area contributed by atoms with Gasteiger partial charge in [0, 0.05) is 20.9 Å². The minimum absolute atomic E-state index is 0.346. The monoisotopic (exact) mass is 313 g/mol. The van der Waals surface area contributed by atoms with Crippen LogP contribution in [0.5, 0.6) is 5.75 Å².